The van der Waals surface area contributed by atoms with E-state index in [1.54, 1.807) is 7.11 Å². The van der Waals surface area contributed by atoms with Gasteiger partial charge < -0.3 is 4.74 Å². The van der Waals surface area contributed by atoms with Gasteiger partial charge in [-0.15, -0.1) is 0 Å². The maximum atomic E-state index is 5.91. The van der Waals surface area contributed by atoms with E-state index in [1.165, 1.54) is 12.0 Å². The molecule has 1 heterocycles. The third kappa shape index (κ3) is 1.61. The summed E-state index contributed by atoms with van der Waals surface area (Å²) in [6.07, 6.45) is 2.29. The number of nitrogens with two attached hydrogens (primary N) is 1. The molecule has 0 spiro atoms. The Labute approximate surface area is 84.4 Å². The Morgan fingerprint density at radius 2 is 2.21 bits per heavy atom. The topological polar surface area (TPSA) is 38.5 Å². The molecule has 1 saturated heterocycles. The summed E-state index contributed by atoms with van der Waals surface area (Å²) in [5, 5.41) is 1.90. The molecule has 1 fully saturated rings. The van der Waals surface area contributed by atoms with E-state index >= 15 is 0 Å². The Morgan fingerprint density at radius 1 is 1.43 bits per heavy atom. The van der Waals surface area contributed by atoms with Crippen LogP contribution in [-0.2, 0) is 0 Å². The number of rotatable bonds is 2. The van der Waals surface area contributed by atoms with Crippen LogP contribution in [0.15, 0.2) is 24.3 Å². The summed E-state index contributed by atoms with van der Waals surface area (Å²) in [6.45, 7) is 0.975. The molecule has 3 nitrogen and oxygen atoms in total. The van der Waals surface area contributed by atoms with Crippen LogP contribution in [0.5, 0.6) is 5.75 Å². The summed E-state index contributed by atoms with van der Waals surface area (Å²) in [4.78, 5) is 0. The van der Waals surface area contributed by atoms with Crippen molar-refractivity contribution in [3.05, 3.63) is 29.8 Å². The first-order valence-corrected chi connectivity index (χ1v) is 4.97. The summed E-state index contributed by atoms with van der Waals surface area (Å²) in [5.74, 6) is 6.85. The molecule has 14 heavy (non-hydrogen) atoms. The molecule has 0 aliphatic carbocycles. The number of ether oxygens (including phenoxy) is 1. The van der Waals surface area contributed by atoms with Gasteiger partial charge in [-0.2, -0.15) is 0 Å². The Bertz CT molecular complexity index is 314. The number of methoxy groups -OCH3 is 1. The van der Waals surface area contributed by atoms with E-state index in [2.05, 4.69) is 6.07 Å². The van der Waals surface area contributed by atoms with Crippen molar-refractivity contribution >= 4 is 0 Å². The van der Waals surface area contributed by atoms with Gasteiger partial charge in [0, 0.05) is 12.1 Å². The first-order valence-electron chi connectivity index (χ1n) is 4.97. The van der Waals surface area contributed by atoms with Crippen molar-refractivity contribution < 1.29 is 4.74 Å². The van der Waals surface area contributed by atoms with Crippen molar-refractivity contribution in [3.8, 4) is 5.75 Å². The highest BCUT2D eigenvalue weighted by atomic mass is 16.5. The number of nitrogens with zero attached hydrogens (tertiary/aromatic N) is 1. The van der Waals surface area contributed by atoms with Gasteiger partial charge in [0.05, 0.1) is 13.2 Å². The molecule has 1 aliphatic rings. The number of para-hydroxylation sites is 1. The zero-order chi connectivity index (χ0) is 9.97. The van der Waals surface area contributed by atoms with Gasteiger partial charge in [-0.1, -0.05) is 18.2 Å². The van der Waals surface area contributed by atoms with Gasteiger partial charge in [0.25, 0.3) is 0 Å². The van der Waals surface area contributed by atoms with Gasteiger partial charge in [-0.25, -0.2) is 5.01 Å². The van der Waals surface area contributed by atoms with Crippen molar-refractivity contribution in [2.75, 3.05) is 13.7 Å². The van der Waals surface area contributed by atoms with Gasteiger partial charge in [-0.3, -0.25) is 5.84 Å². The summed E-state index contributed by atoms with van der Waals surface area (Å²) >= 11 is 0. The summed E-state index contributed by atoms with van der Waals surface area (Å²) in [7, 11) is 1.70. The molecule has 0 bridgehead atoms. The molecule has 2 N–H and O–H groups in total. The fourth-order valence-electron chi connectivity index (χ4n) is 2.06. The minimum absolute atomic E-state index is 0.325. The SMILES string of the molecule is COc1ccccc1C1CCCN1N. The van der Waals surface area contributed by atoms with Crippen LogP contribution in [0.4, 0.5) is 0 Å². The van der Waals surface area contributed by atoms with Crippen molar-refractivity contribution in [1.29, 1.82) is 0 Å². The maximum Gasteiger partial charge on any atom is 0.123 e. The molecule has 2 rings (SSSR count). The van der Waals surface area contributed by atoms with E-state index in [0.717, 1.165) is 18.7 Å². The highest BCUT2D eigenvalue weighted by Gasteiger charge is 2.25. The lowest BCUT2D eigenvalue weighted by Gasteiger charge is -2.21. The van der Waals surface area contributed by atoms with Crippen LogP contribution in [0.3, 0.4) is 0 Å². The van der Waals surface area contributed by atoms with Crippen LogP contribution in [-0.4, -0.2) is 18.7 Å². The van der Waals surface area contributed by atoms with Gasteiger partial charge in [0.1, 0.15) is 5.75 Å². The predicted molar refractivity (Wildman–Crippen MR) is 55.9 cm³/mol. The summed E-state index contributed by atoms with van der Waals surface area (Å²) in [6, 6.07) is 8.42. The highest BCUT2D eigenvalue weighted by molar-refractivity contribution is 5.36. The van der Waals surface area contributed by atoms with Crippen LogP contribution in [0.2, 0.25) is 0 Å². The fraction of sp³-hybridized carbons (Fsp3) is 0.455. The number of benzene rings is 1. The molecule has 76 valence electrons. The molecule has 1 unspecified atom stereocenters. The third-order valence-electron chi connectivity index (χ3n) is 2.79. The Morgan fingerprint density at radius 3 is 2.86 bits per heavy atom. The second kappa shape index (κ2) is 3.98. The van der Waals surface area contributed by atoms with Crippen molar-refractivity contribution in [2.24, 2.45) is 5.84 Å². The number of hydrogen-bond acceptors (Lipinski definition) is 3. The molecule has 0 radical (unpaired) electrons. The molecular formula is C11H16N2O. The molecule has 1 aliphatic heterocycles. The van der Waals surface area contributed by atoms with Crippen LogP contribution >= 0.6 is 0 Å². The van der Waals surface area contributed by atoms with Gasteiger partial charge in [0.15, 0.2) is 0 Å². The van der Waals surface area contributed by atoms with E-state index in [-0.39, 0.29) is 0 Å². The van der Waals surface area contributed by atoms with E-state index in [1.807, 2.05) is 23.2 Å². The van der Waals surface area contributed by atoms with Crippen molar-refractivity contribution in [3.63, 3.8) is 0 Å². The van der Waals surface area contributed by atoms with E-state index in [0.29, 0.717) is 6.04 Å². The zero-order valence-corrected chi connectivity index (χ0v) is 8.44. The Kier molecular flexibility index (Phi) is 2.70. The average Bonchev–Trinajstić information content (AvgIpc) is 2.64. The largest absolute Gasteiger partial charge is 0.496 e. The normalized spacial score (nSPS) is 22.6. The molecular weight excluding hydrogens is 176 g/mol. The standard InChI is InChI=1S/C11H16N2O/c1-14-11-7-3-2-5-9(11)10-6-4-8-13(10)12/h2-3,5,7,10H,4,6,8,12H2,1H3. The Hall–Kier alpha value is -1.06. The molecule has 1 atom stereocenters. The Balaban J connectivity index is 2.30. The van der Waals surface area contributed by atoms with Crippen molar-refractivity contribution in [1.82, 2.24) is 5.01 Å². The lowest BCUT2D eigenvalue weighted by Crippen LogP contribution is -2.30. The lowest BCUT2D eigenvalue weighted by atomic mass is 10.0. The molecule has 1 aromatic rings. The van der Waals surface area contributed by atoms with Crippen LogP contribution in [0, 0.1) is 0 Å². The van der Waals surface area contributed by atoms with Crippen LogP contribution in [0.1, 0.15) is 24.4 Å². The quantitative estimate of drug-likeness (QED) is 0.725. The van der Waals surface area contributed by atoms with Crippen molar-refractivity contribution in [2.45, 2.75) is 18.9 Å². The lowest BCUT2D eigenvalue weighted by molar-refractivity contribution is 0.259. The third-order valence-corrected chi connectivity index (χ3v) is 2.79. The molecule has 0 aromatic heterocycles. The van der Waals surface area contributed by atoms with Gasteiger partial charge in [0.2, 0.25) is 0 Å². The minimum atomic E-state index is 0.325. The summed E-state index contributed by atoms with van der Waals surface area (Å²) < 4.78 is 5.32. The fourth-order valence-corrected chi connectivity index (χ4v) is 2.06. The zero-order valence-electron chi connectivity index (χ0n) is 8.44. The average molecular weight is 192 g/mol. The number of hydrazine groups is 1. The summed E-state index contributed by atoms with van der Waals surface area (Å²) in [5.41, 5.74) is 1.20. The van der Waals surface area contributed by atoms with E-state index < -0.39 is 0 Å². The smallest absolute Gasteiger partial charge is 0.123 e. The minimum Gasteiger partial charge on any atom is -0.496 e. The first-order chi connectivity index (χ1) is 6.83. The number of hydrogen-bond donors (Lipinski definition) is 1. The van der Waals surface area contributed by atoms with Gasteiger partial charge in [-0.05, 0) is 18.9 Å². The van der Waals surface area contributed by atoms with E-state index in [9.17, 15) is 0 Å². The maximum absolute atomic E-state index is 5.91. The molecule has 0 saturated carbocycles. The first kappa shape index (κ1) is 9.49. The predicted octanol–water partition coefficient (Wildman–Crippen LogP) is 1.71. The highest BCUT2D eigenvalue weighted by Crippen LogP contribution is 2.34. The van der Waals surface area contributed by atoms with Gasteiger partial charge >= 0.3 is 0 Å². The second-order valence-corrected chi connectivity index (χ2v) is 3.64. The van der Waals surface area contributed by atoms with E-state index in [4.69, 9.17) is 10.6 Å². The van der Waals surface area contributed by atoms with Crippen LogP contribution < -0.4 is 10.6 Å². The monoisotopic (exact) mass is 192 g/mol. The molecule has 3 heteroatoms. The second-order valence-electron chi connectivity index (χ2n) is 3.64. The van der Waals surface area contributed by atoms with Crippen LogP contribution in [0.25, 0.3) is 0 Å². The molecule has 0 amide bonds. The molecule has 1 aromatic carbocycles.